The first-order valence-corrected chi connectivity index (χ1v) is 13.1. The third-order valence-electron chi connectivity index (χ3n) is 7.36. The average Bonchev–Trinajstić information content (AvgIpc) is 3.41. The molecule has 3 N–H and O–H groups in total. The number of anilines is 1. The molecule has 3 aliphatic carbocycles. The number of pyridine rings is 1. The van der Waals surface area contributed by atoms with Crippen LogP contribution in [0.4, 0.5) is 5.69 Å². The van der Waals surface area contributed by atoms with Crippen LogP contribution in [0, 0.1) is 18.3 Å². The maximum absolute atomic E-state index is 13.0. The largest absolute Gasteiger partial charge is 0.379 e. The molecular formula is C25H31ClN4O2S. The molecule has 1 spiro atoms. The Morgan fingerprint density at radius 3 is 2.76 bits per heavy atom. The number of rotatable bonds is 9. The second kappa shape index (κ2) is 9.26. The Hall–Kier alpha value is -2.12. The number of nitrogens with one attached hydrogen (secondary N) is 3. The quantitative estimate of drug-likeness (QED) is 0.462. The van der Waals surface area contributed by atoms with Crippen LogP contribution < -0.4 is 16.0 Å². The van der Waals surface area contributed by atoms with Crippen LogP contribution in [-0.2, 0) is 11.3 Å². The molecule has 8 heteroatoms. The SMILES string of the molecule is Cc1ncc(Cl)cc1NCc1ccc(C(=O)NC(CC2CC3(CCC3)C2)C(=O)NC2CC2)s1. The van der Waals surface area contributed by atoms with Crippen molar-refractivity contribution in [2.75, 3.05) is 5.32 Å². The molecule has 6 nitrogen and oxygen atoms in total. The molecule has 0 aromatic carbocycles. The molecule has 0 aliphatic heterocycles. The second-order valence-corrected chi connectivity index (χ2v) is 11.7. The van der Waals surface area contributed by atoms with Crippen molar-refractivity contribution in [3.8, 4) is 0 Å². The number of hydrogen-bond donors (Lipinski definition) is 3. The Morgan fingerprint density at radius 1 is 1.27 bits per heavy atom. The third-order valence-corrected chi connectivity index (χ3v) is 8.65. The molecule has 2 heterocycles. The van der Waals surface area contributed by atoms with E-state index < -0.39 is 6.04 Å². The van der Waals surface area contributed by atoms with Crippen LogP contribution in [0.2, 0.25) is 5.02 Å². The summed E-state index contributed by atoms with van der Waals surface area (Å²) < 4.78 is 0. The van der Waals surface area contributed by atoms with E-state index in [2.05, 4.69) is 20.9 Å². The number of nitrogens with zero attached hydrogens (tertiary/aromatic N) is 1. The van der Waals surface area contributed by atoms with Crippen molar-refractivity contribution in [3.05, 3.63) is 44.9 Å². The molecule has 3 fully saturated rings. The normalized spacial score (nSPS) is 19.9. The van der Waals surface area contributed by atoms with Gasteiger partial charge in [0.1, 0.15) is 6.04 Å². The van der Waals surface area contributed by atoms with Crippen molar-refractivity contribution in [2.45, 2.75) is 76.9 Å². The number of thiophene rings is 1. The zero-order valence-corrected chi connectivity index (χ0v) is 20.5. The lowest BCUT2D eigenvalue weighted by Gasteiger charge is -2.55. The molecule has 33 heavy (non-hydrogen) atoms. The van der Waals surface area contributed by atoms with Crippen molar-refractivity contribution < 1.29 is 9.59 Å². The van der Waals surface area contributed by atoms with Gasteiger partial charge < -0.3 is 16.0 Å². The minimum atomic E-state index is -0.454. The maximum Gasteiger partial charge on any atom is 0.262 e. The van der Waals surface area contributed by atoms with Crippen molar-refractivity contribution in [3.63, 3.8) is 0 Å². The lowest BCUT2D eigenvalue weighted by Crippen LogP contribution is -2.51. The Kier molecular flexibility index (Phi) is 6.36. The van der Waals surface area contributed by atoms with Gasteiger partial charge in [-0.05, 0) is 81.4 Å². The van der Waals surface area contributed by atoms with Crippen LogP contribution in [0.1, 0.15) is 71.6 Å². The van der Waals surface area contributed by atoms with Gasteiger partial charge in [0.25, 0.3) is 5.91 Å². The molecule has 0 radical (unpaired) electrons. The fourth-order valence-electron chi connectivity index (χ4n) is 5.20. The summed E-state index contributed by atoms with van der Waals surface area (Å²) in [7, 11) is 0. The van der Waals surface area contributed by atoms with E-state index in [1.54, 1.807) is 6.20 Å². The van der Waals surface area contributed by atoms with Gasteiger partial charge in [0.05, 0.1) is 21.3 Å². The monoisotopic (exact) mass is 486 g/mol. The van der Waals surface area contributed by atoms with Crippen molar-refractivity contribution in [1.29, 1.82) is 0 Å². The number of hydrogen-bond acceptors (Lipinski definition) is 5. The van der Waals surface area contributed by atoms with E-state index in [4.69, 9.17) is 11.6 Å². The molecule has 2 amide bonds. The minimum absolute atomic E-state index is 0.0252. The van der Waals surface area contributed by atoms with E-state index in [-0.39, 0.29) is 11.8 Å². The molecule has 3 saturated carbocycles. The van der Waals surface area contributed by atoms with Crippen molar-refractivity contribution >= 4 is 40.4 Å². The fraction of sp³-hybridized carbons (Fsp3) is 0.560. The zero-order chi connectivity index (χ0) is 23.0. The number of amides is 2. The standard InChI is InChI=1S/C25H31ClN4O2S/c1-15-20(10-17(26)13-27-15)28-14-19-5-6-22(33-19)24(32)30-21(23(31)29-18-3-4-18)9-16-11-25(12-16)7-2-8-25/h5-6,10,13,16,18,21,28H,2-4,7-9,11-12,14H2,1H3,(H,29,31)(H,30,32). The number of carbonyl (C=O) groups excluding carboxylic acids is 2. The smallest absolute Gasteiger partial charge is 0.262 e. The van der Waals surface area contributed by atoms with E-state index >= 15 is 0 Å². The number of carbonyl (C=O) groups is 2. The molecule has 0 saturated heterocycles. The average molecular weight is 487 g/mol. The summed E-state index contributed by atoms with van der Waals surface area (Å²) in [5.41, 5.74) is 2.32. The molecular weight excluding hydrogens is 456 g/mol. The highest BCUT2D eigenvalue weighted by molar-refractivity contribution is 7.14. The number of aryl methyl sites for hydroxylation is 1. The van der Waals surface area contributed by atoms with E-state index in [1.807, 2.05) is 25.1 Å². The highest BCUT2D eigenvalue weighted by Gasteiger charge is 2.48. The Morgan fingerprint density at radius 2 is 2.06 bits per heavy atom. The van der Waals surface area contributed by atoms with Crippen LogP contribution in [0.3, 0.4) is 0 Å². The summed E-state index contributed by atoms with van der Waals surface area (Å²) in [6.07, 6.45) is 10.9. The number of aromatic nitrogens is 1. The van der Waals surface area contributed by atoms with E-state index in [0.29, 0.717) is 33.8 Å². The van der Waals surface area contributed by atoms with Gasteiger partial charge in [-0.3, -0.25) is 14.6 Å². The highest BCUT2D eigenvalue weighted by atomic mass is 35.5. The predicted octanol–water partition coefficient (Wildman–Crippen LogP) is 5.06. The second-order valence-electron chi connectivity index (χ2n) is 10.1. The molecule has 2 aromatic rings. The molecule has 176 valence electrons. The Balaban J connectivity index is 1.18. The van der Waals surface area contributed by atoms with Crippen LogP contribution in [0.15, 0.2) is 24.4 Å². The van der Waals surface area contributed by atoms with Crippen LogP contribution in [0.25, 0.3) is 0 Å². The number of halogens is 1. The first kappa shape index (κ1) is 22.7. The van der Waals surface area contributed by atoms with E-state index in [9.17, 15) is 9.59 Å². The Labute approximate surface area is 203 Å². The van der Waals surface area contributed by atoms with Crippen LogP contribution >= 0.6 is 22.9 Å². The molecule has 2 aromatic heterocycles. The summed E-state index contributed by atoms with van der Waals surface area (Å²) in [5, 5.41) is 10.1. The third kappa shape index (κ3) is 5.35. The highest BCUT2D eigenvalue weighted by Crippen LogP contribution is 2.59. The van der Waals surface area contributed by atoms with Gasteiger partial charge in [-0.1, -0.05) is 18.0 Å². The lowest BCUT2D eigenvalue weighted by molar-refractivity contribution is -0.124. The molecule has 1 unspecified atom stereocenters. The van der Waals surface area contributed by atoms with Crippen LogP contribution in [0.5, 0.6) is 0 Å². The summed E-state index contributed by atoms with van der Waals surface area (Å²) in [6, 6.07) is 5.47. The van der Waals surface area contributed by atoms with Gasteiger partial charge >= 0.3 is 0 Å². The van der Waals surface area contributed by atoms with Gasteiger partial charge in [0.15, 0.2) is 0 Å². The van der Waals surface area contributed by atoms with E-state index in [1.165, 1.54) is 43.4 Å². The van der Waals surface area contributed by atoms with E-state index in [0.717, 1.165) is 35.5 Å². The van der Waals surface area contributed by atoms with Gasteiger partial charge in [-0.2, -0.15) is 0 Å². The summed E-state index contributed by atoms with van der Waals surface area (Å²) in [6.45, 7) is 2.50. The molecule has 0 bridgehead atoms. The summed E-state index contributed by atoms with van der Waals surface area (Å²) >= 11 is 7.49. The van der Waals surface area contributed by atoms with Gasteiger partial charge in [-0.25, -0.2) is 0 Å². The molecule has 5 rings (SSSR count). The lowest BCUT2D eigenvalue weighted by atomic mass is 9.51. The Bertz CT molecular complexity index is 1040. The summed E-state index contributed by atoms with van der Waals surface area (Å²) in [4.78, 5) is 31.8. The fourth-order valence-corrected chi connectivity index (χ4v) is 6.21. The minimum Gasteiger partial charge on any atom is -0.379 e. The maximum atomic E-state index is 13.0. The van der Waals surface area contributed by atoms with Crippen LogP contribution in [-0.4, -0.2) is 28.9 Å². The first-order valence-electron chi connectivity index (χ1n) is 12.0. The zero-order valence-electron chi connectivity index (χ0n) is 19.0. The molecule has 1 atom stereocenters. The van der Waals surface area contributed by atoms with Gasteiger partial charge in [-0.15, -0.1) is 11.3 Å². The van der Waals surface area contributed by atoms with Gasteiger partial charge in [0.2, 0.25) is 5.91 Å². The summed E-state index contributed by atoms with van der Waals surface area (Å²) in [5.74, 6) is 0.349. The van der Waals surface area contributed by atoms with Crippen molar-refractivity contribution in [1.82, 2.24) is 15.6 Å². The van der Waals surface area contributed by atoms with Crippen molar-refractivity contribution in [2.24, 2.45) is 11.3 Å². The predicted molar refractivity (Wildman–Crippen MR) is 132 cm³/mol. The van der Waals surface area contributed by atoms with Gasteiger partial charge in [0, 0.05) is 23.7 Å². The topological polar surface area (TPSA) is 83.1 Å². The molecule has 3 aliphatic rings. The first-order chi connectivity index (χ1) is 15.9.